The van der Waals surface area contributed by atoms with Gasteiger partial charge < -0.3 is 41.0 Å². The fourth-order valence-corrected chi connectivity index (χ4v) is 5.85. The third-order valence-corrected chi connectivity index (χ3v) is 7.96. The van der Waals surface area contributed by atoms with E-state index in [9.17, 15) is 35.5 Å². The van der Waals surface area contributed by atoms with E-state index in [0.29, 0.717) is 0 Å². The molecule has 2 heterocycles. The minimum atomic E-state index is -4.94. The molecule has 6 N–H and O–H groups in total. The summed E-state index contributed by atoms with van der Waals surface area (Å²) in [6.07, 6.45) is 0. The van der Waals surface area contributed by atoms with Crippen molar-refractivity contribution in [2.24, 2.45) is 0 Å². The monoisotopic (exact) mass is 660 g/mol. The van der Waals surface area contributed by atoms with Gasteiger partial charge in [0.05, 0.1) is 41.9 Å². The minimum Gasteiger partial charge on any atom is -0.870 e. The van der Waals surface area contributed by atoms with Gasteiger partial charge in [0, 0.05) is 21.5 Å². The van der Waals surface area contributed by atoms with Gasteiger partial charge in [0.15, 0.2) is 10.9 Å². The number of benzene rings is 3. The first-order chi connectivity index (χ1) is 15.8. The number of H-pyrrole nitrogens is 2. The maximum atomic E-state index is 13.1. The second kappa shape index (κ2) is 13.3. The average molecular weight is 661 g/mol. The Bertz CT molecular complexity index is 1950. The maximum absolute atomic E-state index is 13.1. The van der Waals surface area contributed by atoms with E-state index >= 15 is 0 Å². The fraction of sp³-hybridized carbons (Fsp3) is 0. The normalized spacial score (nSPS) is 10.9. The Morgan fingerprint density at radius 3 is 1.05 bits per heavy atom. The van der Waals surface area contributed by atoms with E-state index in [4.69, 9.17) is 23.2 Å². The largest absolute Gasteiger partial charge is 3.00 e. The van der Waals surface area contributed by atoms with Crippen LogP contribution in [0, 0.1) is 0 Å². The second-order valence-corrected chi connectivity index (χ2v) is 10.9. The topological polar surface area (TPSA) is 300 Å². The van der Waals surface area contributed by atoms with Gasteiger partial charge in [0.1, 0.15) is 20.2 Å². The molecule has 0 fully saturated rings. The molecule has 0 saturated carbocycles. The van der Waals surface area contributed by atoms with Crippen molar-refractivity contribution in [2.75, 3.05) is 0 Å². The van der Waals surface area contributed by atoms with Crippen LogP contribution in [0.4, 0.5) is 0 Å². The van der Waals surface area contributed by atoms with Crippen molar-refractivity contribution in [3.63, 3.8) is 0 Å². The van der Waals surface area contributed by atoms with Gasteiger partial charge in [0.2, 0.25) is 0 Å². The summed E-state index contributed by atoms with van der Waals surface area (Å²) in [6, 6.07) is 6.69. The number of nitrogens with one attached hydrogen (secondary N) is 2. The molecule has 14 nitrogen and oxygen atoms in total. The molecule has 0 aliphatic rings. The van der Waals surface area contributed by atoms with Crippen LogP contribution < -0.4 is 10.9 Å². The van der Waals surface area contributed by atoms with Crippen LogP contribution in [0.5, 0.6) is 0 Å². The minimum absolute atomic E-state index is 0. The summed E-state index contributed by atoms with van der Waals surface area (Å²) < 4.78 is 68.8. The van der Waals surface area contributed by atoms with Crippen LogP contribution in [0.1, 0.15) is 0 Å². The van der Waals surface area contributed by atoms with Gasteiger partial charge in [-0.05, 0) is 36.4 Å². The Hall–Kier alpha value is -2.10. The van der Waals surface area contributed by atoms with Gasteiger partial charge in [-0.15, -0.1) is 0 Å². The summed E-state index contributed by atoms with van der Waals surface area (Å²) in [6.45, 7) is 0. The van der Waals surface area contributed by atoms with Gasteiger partial charge in [-0.1, -0.05) is 23.2 Å². The molecule has 2 aromatic heterocycles. The van der Waals surface area contributed by atoms with Crippen LogP contribution in [0.3, 0.4) is 0 Å². The SMILES string of the molecule is O=c1c2cc(S(=O)(=O)[O-])c(Cl)cc2[nH]c2cc3c(=O)c4cc(S(=O)(=O)[O-])c(Cl)cc4[nH]c3cc12.[Al+3].[Al+3].[OH-].[OH-].[OH-].[OH-]. The number of fused-ring (bicyclic) bond motifs is 4. The first-order valence-electron chi connectivity index (χ1n) is 9.16. The van der Waals surface area contributed by atoms with Crippen molar-refractivity contribution in [3.05, 3.63) is 66.9 Å². The maximum Gasteiger partial charge on any atom is 3.00 e. The van der Waals surface area contributed by atoms with Crippen molar-refractivity contribution in [3.8, 4) is 0 Å². The molecule has 0 radical (unpaired) electrons. The Labute approximate surface area is 254 Å². The fourth-order valence-electron chi connectivity index (χ4n) is 3.84. The second-order valence-electron chi connectivity index (χ2n) is 7.42. The molecule has 0 amide bonds. The summed E-state index contributed by atoms with van der Waals surface area (Å²) in [5, 5.41) is -0.854. The molecular formula is C20H12Al2Cl2N2O12S2. The van der Waals surface area contributed by atoms with Crippen molar-refractivity contribution in [2.45, 2.75) is 9.79 Å². The average Bonchev–Trinajstić information content (AvgIpc) is 2.71. The zero-order valence-corrected chi connectivity index (χ0v) is 24.7. The number of hydrogen-bond donors (Lipinski definition) is 2. The standard InChI is InChI=1S/C20H10Cl2N2O8S2.2Al.4H2O/c21-11-5-15-10(4-18(11)34(30,31)32)20(26)8-2-14-7(1-13(8)23-15)19(25)9-3-17(33(27,28)29)12(22)6-16(9)24-14;;;;;;/h1-6H,(H,23,26)(H,24,25)(H,27,28,29)(H,30,31,32);;;4*1H2/q;2*+3;;;;/p-6. The quantitative estimate of drug-likeness (QED) is 0.154. The first-order valence-corrected chi connectivity index (χ1v) is 12.7. The number of aromatic nitrogens is 2. The number of rotatable bonds is 2. The molecule has 0 saturated heterocycles. The number of pyridine rings is 2. The van der Waals surface area contributed by atoms with Crippen molar-refractivity contribution in [1.29, 1.82) is 0 Å². The van der Waals surface area contributed by atoms with Crippen molar-refractivity contribution >= 4 is 122 Å². The van der Waals surface area contributed by atoms with Crippen LogP contribution >= 0.6 is 23.2 Å². The zero-order chi connectivity index (χ0) is 24.7. The van der Waals surface area contributed by atoms with Crippen molar-refractivity contribution < 1.29 is 47.8 Å². The van der Waals surface area contributed by atoms with Gasteiger partial charge in [-0.3, -0.25) is 9.59 Å². The third-order valence-electron chi connectivity index (χ3n) is 5.36. The Balaban J connectivity index is 0. The Kier molecular flexibility index (Phi) is 13.3. The smallest absolute Gasteiger partial charge is 0.870 e. The van der Waals surface area contributed by atoms with E-state index < -0.39 is 40.9 Å². The van der Waals surface area contributed by atoms with Crippen LogP contribution in [-0.2, 0) is 20.2 Å². The predicted molar refractivity (Wildman–Crippen MR) is 143 cm³/mol. The molecule has 0 atom stereocenters. The van der Waals surface area contributed by atoms with E-state index in [2.05, 4.69) is 9.97 Å². The summed E-state index contributed by atoms with van der Waals surface area (Å²) in [4.78, 5) is 30.5. The first kappa shape index (κ1) is 40.0. The third kappa shape index (κ3) is 6.52. The molecule has 5 rings (SSSR count). The molecule has 206 valence electrons. The molecule has 40 heavy (non-hydrogen) atoms. The summed E-state index contributed by atoms with van der Waals surface area (Å²) in [5.41, 5.74) is -0.627. The van der Waals surface area contributed by atoms with Gasteiger partial charge in [-0.2, -0.15) is 0 Å². The molecule has 0 bridgehead atoms. The van der Waals surface area contributed by atoms with Crippen molar-refractivity contribution in [1.82, 2.24) is 9.97 Å². The van der Waals surface area contributed by atoms with Crippen LogP contribution in [0.2, 0.25) is 10.0 Å². The van der Waals surface area contributed by atoms with Crippen LogP contribution in [-0.4, -0.2) is 92.5 Å². The molecule has 0 unspecified atom stereocenters. The van der Waals surface area contributed by atoms with E-state index in [1.165, 1.54) is 12.1 Å². The summed E-state index contributed by atoms with van der Waals surface area (Å²) in [7, 11) is -9.88. The van der Waals surface area contributed by atoms with E-state index in [-0.39, 0.29) is 110 Å². The van der Waals surface area contributed by atoms with Gasteiger partial charge in [-0.25, -0.2) is 16.8 Å². The van der Waals surface area contributed by atoms with E-state index in [1.807, 2.05) is 0 Å². The number of hydrogen-bond acceptors (Lipinski definition) is 12. The van der Waals surface area contributed by atoms with Crippen LogP contribution in [0.15, 0.2) is 55.8 Å². The van der Waals surface area contributed by atoms with E-state index in [0.717, 1.165) is 24.3 Å². The number of halogens is 2. The predicted octanol–water partition coefficient (Wildman–Crippen LogP) is 1.32. The number of aromatic amines is 2. The Morgan fingerprint density at radius 2 is 0.775 bits per heavy atom. The van der Waals surface area contributed by atoms with Gasteiger partial charge >= 0.3 is 34.7 Å². The summed E-state index contributed by atoms with van der Waals surface area (Å²) in [5.74, 6) is 0. The zero-order valence-electron chi connectivity index (χ0n) is 19.2. The van der Waals surface area contributed by atoms with E-state index in [1.54, 1.807) is 0 Å². The summed E-state index contributed by atoms with van der Waals surface area (Å²) >= 11 is 11.8. The van der Waals surface area contributed by atoms with Gasteiger partial charge in [0.25, 0.3) is 0 Å². The molecular weight excluding hydrogens is 649 g/mol. The molecule has 20 heteroatoms. The molecule has 5 aromatic rings. The molecule has 0 aliphatic heterocycles. The Morgan fingerprint density at radius 1 is 0.525 bits per heavy atom. The molecule has 0 spiro atoms. The van der Waals surface area contributed by atoms with Crippen LogP contribution in [0.25, 0.3) is 43.6 Å². The molecule has 3 aromatic carbocycles. The molecule has 0 aliphatic carbocycles.